The Kier molecular flexibility index (Phi) is 8.14. The van der Waals surface area contributed by atoms with Crippen molar-refractivity contribution in [2.24, 2.45) is 0 Å². The van der Waals surface area contributed by atoms with Gasteiger partial charge >= 0.3 is 0 Å². The molecule has 0 saturated heterocycles. The zero-order valence-electron chi connectivity index (χ0n) is 11.7. The van der Waals surface area contributed by atoms with Crippen LogP contribution in [-0.2, 0) is 16.0 Å². The lowest BCUT2D eigenvalue weighted by Gasteiger charge is -2.06. The summed E-state index contributed by atoms with van der Waals surface area (Å²) < 4.78 is 1.02. The Bertz CT molecular complexity index is 509. The van der Waals surface area contributed by atoms with E-state index in [9.17, 15) is 9.59 Å². The lowest BCUT2D eigenvalue weighted by atomic mass is 10.1. The normalized spacial score (nSPS) is 9.71. The summed E-state index contributed by atoms with van der Waals surface area (Å²) in [6.45, 7) is 0.986. The molecule has 0 aliphatic heterocycles. The lowest BCUT2D eigenvalue weighted by Crippen LogP contribution is -2.29. The molecule has 21 heavy (non-hydrogen) atoms. The summed E-state index contributed by atoms with van der Waals surface area (Å²) in [5.74, 6) is -0.277. The number of amides is 2. The van der Waals surface area contributed by atoms with Gasteiger partial charge in [0.25, 0.3) is 0 Å². The summed E-state index contributed by atoms with van der Waals surface area (Å²) in [4.78, 5) is 22.6. The van der Waals surface area contributed by atoms with Crippen LogP contribution in [-0.4, -0.2) is 24.9 Å². The Morgan fingerprint density at radius 2 is 1.71 bits per heavy atom. The molecule has 0 aromatic heterocycles. The SMILES string of the molecule is N#CCC(=O)NCCCNC(=O)CCc1ccc(Br)cc1. The molecule has 0 heterocycles. The average molecular weight is 352 g/mol. The van der Waals surface area contributed by atoms with E-state index in [1.165, 1.54) is 0 Å². The van der Waals surface area contributed by atoms with Crippen molar-refractivity contribution in [1.82, 2.24) is 10.6 Å². The highest BCUT2D eigenvalue weighted by Gasteiger charge is 2.02. The van der Waals surface area contributed by atoms with Gasteiger partial charge in [0.2, 0.25) is 11.8 Å². The third-order valence-corrected chi connectivity index (χ3v) is 3.32. The molecule has 5 nitrogen and oxygen atoms in total. The number of nitrogens with one attached hydrogen (secondary N) is 2. The first-order valence-corrected chi connectivity index (χ1v) is 7.56. The Morgan fingerprint density at radius 3 is 2.33 bits per heavy atom. The summed E-state index contributed by atoms with van der Waals surface area (Å²) >= 11 is 3.37. The first kappa shape index (κ1) is 17.2. The van der Waals surface area contributed by atoms with Crippen LogP contribution in [0.5, 0.6) is 0 Å². The first-order chi connectivity index (χ1) is 10.1. The summed E-state index contributed by atoms with van der Waals surface area (Å²) in [5.41, 5.74) is 1.12. The summed E-state index contributed by atoms with van der Waals surface area (Å²) in [5, 5.41) is 13.7. The molecule has 1 aromatic rings. The van der Waals surface area contributed by atoms with Gasteiger partial charge in [0.05, 0.1) is 6.07 Å². The number of hydrogen-bond donors (Lipinski definition) is 2. The largest absolute Gasteiger partial charge is 0.356 e. The van der Waals surface area contributed by atoms with E-state index >= 15 is 0 Å². The van der Waals surface area contributed by atoms with Gasteiger partial charge in [-0.3, -0.25) is 9.59 Å². The number of rotatable bonds is 8. The molecule has 112 valence electrons. The van der Waals surface area contributed by atoms with Gasteiger partial charge in [-0.05, 0) is 30.5 Å². The predicted octanol–water partition coefficient (Wildman–Crippen LogP) is 1.92. The fraction of sp³-hybridized carbons (Fsp3) is 0.400. The molecular weight excluding hydrogens is 334 g/mol. The van der Waals surface area contributed by atoms with Gasteiger partial charge in [0, 0.05) is 24.0 Å². The molecule has 0 aliphatic carbocycles. The van der Waals surface area contributed by atoms with Crippen LogP contribution in [0.1, 0.15) is 24.8 Å². The van der Waals surface area contributed by atoms with E-state index in [4.69, 9.17) is 5.26 Å². The van der Waals surface area contributed by atoms with Gasteiger partial charge in [-0.25, -0.2) is 0 Å². The number of carbonyl (C=O) groups excluding carboxylic acids is 2. The molecule has 0 spiro atoms. The molecule has 6 heteroatoms. The maximum Gasteiger partial charge on any atom is 0.234 e. The van der Waals surface area contributed by atoms with Crippen molar-refractivity contribution in [2.75, 3.05) is 13.1 Å². The number of benzene rings is 1. The summed E-state index contributed by atoms with van der Waals surface area (Å²) in [6.07, 6.45) is 1.68. The quantitative estimate of drug-likeness (QED) is 0.702. The minimum absolute atomic E-state index is 0.00118. The van der Waals surface area contributed by atoms with Gasteiger partial charge in [-0.1, -0.05) is 28.1 Å². The van der Waals surface area contributed by atoms with Crippen LogP contribution >= 0.6 is 15.9 Å². The van der Waals surface area contributed by atoms with E-state index in [1.807, 2.05) is 24.3 Å². The fourth-order valence-electron chi connectivity index (χ4n) is 1.68. The molecule has 0 unspecified atom stereocenters. The van der Waals surface area contributed by atoms with E-state index in [0.29, 0.717) is 32.4 Å². The fourth-order valence-corrected chi connectivity index (χ4v) is 1.94. The lowest BCUT2D eigenvalue weighted by molar-refractivity contribution is -0.121. The van der Waals surface area contributed by atoms with E-state index < -0.39 is 0 Å². The van der Waals surface area contributed by atoms with E-state index in [1.54, 1.807) is 6.07 Å². The zero-order valence-corrected chi connectivity index (χ0v) is 13.3. The van der Waals surface area contributed by atoms with Crippen molar-refractivity contribution in [3.63, 3.8) is 0 Å². The summed E-state index contributed by atoms with van der Waals surface area (Å²) in [7, 11) is 0. The van der Waals surface area contributed by atoms with Crippen LogP contribution in [0.15, 0.2) is 28.7 Å². The monoisotopic (exact) mass is 351 g/mol. The van der Waals surface area contributed by atoms with E-state index in [2.05, 4.69) is 26.6 Å². The molecule has 1 aromatic carbocycles. The Hall–Kier alpha value is -1.87. The smallest absolute Gasteiger partial charge is 0.234 e. The van der Waals surface area contributed by atoms with Crippen LogP contribution in [0, 0.1) is 11.3 Å². The van der Waals surface area contributed by atoms with Crippen molar-refractivity contribution in [2.45, 2.75) is 25.7 Å². The van der Waals surface area contributed by atoms with Crippen molar-refractivity contribution >= 4 is 27.7 Å². The number of halogens is 1. The molecule has 0 saturated carbocycles. The molecule has 0 fully saturated rings. The maximum absolute atomic E-state index is 11.6. The number of carbonyl (C=O) groups is 2. The molecule has 2 amide bonds. The topological polar surface area (TPSA) is 82.0 Å². The summed E-state index contributed by atoms with van der Waals surface area (Å²) in [6, 6.07) is 9.67. The zero-order chi connectivity index (χ0) is 15.5. The maximum atomic E-state index is 11.6. The van der Waals surface area contributed by atoms with Gasteiger partial charge in [-0.2, -0.15) is 5.26 Å². The second-order valence-corrected chi connectivity index (χ2v) is 5.43. The van der Waals surface area contributed by atoms with Gasteiger partial charge in [0.1, 0.15) is 6.42 Å². The molecule has 1 rings (SSSR count). The standard InChI is InChI=1S/C15H18BrN3O2/c16-13-5-2-12(3-6-13)4-7-14(20)18-10-1-11-19-15(21)8-9-17/h2-3,5-6H,1,4,7-8,10-11H2,(H,18,20)(H,19,21). The average Bonchev–Trinajstić information content (AvgIpc) is 2.46. The third-order valence-electron chi connectivity index (χ3n) is 2.79. The highest BCUT2D eigenvalue weighted by molar-refractivity contribution is 9.10. The number of hydrogen-bond acceptors (Lipinski definition) is 3. The Morgan fingerprint density at radius 1 is 1.10 bits per heavy atom. The minimum Gasteiger partial charge on any atom is -0.356 e. The van der Waals surface area contributed by atoms with E-state index in [-0.39, 0.29) is 18.2 Å². The second kappa shape index (κ2) is 9.94. The van der Waals surface area contributed by atoms with Gasteiger partial charge < -0.3 is 10.6 Å². The highest BCUT2D eigenvalue weighted by Crippen LogP contribution is 2.11. The van der Waals surface area contributed by atoms with Crippen LogP contribution in [0.25, 0.3) is 0 Å². The van der Waals surface area contributed by atoms with Crippen molar-refractivity contribution in [3.8, 4) is 6.07 Å². The van der Waals surface area contributed by atoms with E-state index in [0.717, 1.165) is 10.0 Å². The van der Waals surface area contributed by atoms with Gasteiger partial charge in [0.15, 0.2) is 0 Å². The van der Waals surface area contributed by atoms with Crippen molar-refractivity contribution < 1.29 is 9.59 Å². The first-order valence-electron chi connectivity index (χ1n) is 6.76. The number of nitriles is 1. The van der Waals surface area contributed by atoms with Crippen molar-refractivity contribution in [3.05, 3.63) is 34.3 Å². The second-order valence-electron chi connectivity index (χ2n) is 4.51. The van der Waals surface area contributed by atoms with Crippen LogP contribution in [0.2, 0.25) is 0 Å². The van der Waals surface area contributed by atoms with Crippen LogP contribution in [0.4, 0.5) is 0 Å². The highest BCUT2D eigenvalue weighted by atomic mass is 79.9. The molecule has 0 bridgehead atoms. The van der Waals surface area contributed by atoms with Crippen LogP contribution < -0.4 is 10.6 Å². The molecule has 0 radical (unpaired) electrons. The third kappa shape index (κ3) is 8.10. The Balaban J connectivity index is 2.08. The predicted molar refractivity (Wildman–Crippen MR) is 83.3 cm³/mol. The molecule has 0 atom stereocenters. The molecule has 0 aliphatic rings. The number of aryl methyl sites for hydroxylation is 1. The minimum atomic E-state index is -0.279. The molecule has 2 N–H and O–H groups in total. The van der Waals surface area contributed by atoms with Crippen LogP contribution in [0.3, 0.4) is 0 Å². The van der Waals surface area contributed by atoms with Crippen molar-refractivity contribution in [1.29, 1.82) is 5.26 Å². The van der Waals surface area contributed by atoms with Gasteiger partial charge in [-0.15, -0.1) is 0 Å². The Labute approximate surface area is 132 Å². The molecular formula is C15H18BrN3O2. The number of nitrogens with zero attached hydrogens (tertiary/aromatic N) is 1.